The molecule has 146 valence electrons. The van der Waals surface area contributed by atoms with Gasteiger partial charge in [-0.2, -0.15) is 5.10 Å². The summed E-state index contributed by atoms with van der Waals surface area (Å²) in [5, 5.41) is 11.1. The number of carbonyl (C=O) groups is 1. The Bertz CT molecular complexity index is 601. The van der Waals surface area contributed by atoms with Crippen LogP contribution >= 0.6 is 0 Å². The number of likely N-dealkylation sites (N-methyl/N-ethyl adjacent to an activating group) is 1. The molecule has 7 nitrogen and oxygen atoms in total. The molecule has 1 aliphatic carbocycles. The van der Waals surface area contributed by atoms with Crippen molar-refractivity contribution in [3.05, 3.63) is 17.5 Å². The predicted molar refractivity (Wildman–Crippen MR) is 105 cm³/mol. The Morgan fingerprint density at radius 1 is 1.31 bits per heavy atom. The minimum absolute atomic E-state index is 0.0350. The fourth-order valence-corrected chi connectivity index (χ4v) is 3.30. The summed E-state index contributed by atoms with van der Waals surface area (Å²) < 4.78 is 1.84. The lowest BCUT2D eigenvalue weighted by molar-refractivity contribution is -0.127. The Kier molecular flexibility index (Phi) is 7.94. The molecule has 0 aromatic carbocycles. The van der Waals surface area contributed by atoms with Gasteiger partial charge in [-0.3, -0.25) is 9.48 Å². The van der Waals surface area contributed by atoms with Crippen LogP contribution in [-0.2, 0) is 24.8 Å². The van der Waals surface area contributed by atoms with Crippen molar-refractivity contribution < 1.29 is 4.79 Å². The highest BCUT2D eigenvalue weighted by atomic mass is 16.2. The normalized spacial score (nSPS) is 15.8. The van der Waals surface area contributed by atoms with E-state index < -0.39 is 0 Å². The fourth-order valence-electron chi connectivity index (χ4n) is 3.30. The lowest BCUT2D eigenvalue weighted by Gasteiger charge is -2.23. The molecular weight excluding hydrogens is 328 g/mol. The molecule has 2 rings (SSSR count). The molecule has 0 spiro atoms. The molecule has 0 aliphatic heterocycles. The quantitative estimate of drug-likeness (QED) is 0.572. The van der Waals surface area contributed by atoms with E-state index in [4.69, 9.17) is 4.99 Å². The number of guanidine groups is 1. The van der Waals surface area contributed by atoms with Gasteiger partial charge in [0.05, 0.1) is 18.8 Å². The Hall–Kier alpha value is -2.05. The van der Waals surface area contributed by atoms with Gasteiger partial charge in [-0.15, -0.1) is 0 Å². The summed E-state index contributed by atoms with van der Waals surface area (Å²) in [5.74, 6) is 1.44. The zero-order chi connectivity index (χ0) is 18.9. The van der Waals surface area contributed by atoms with Gasteiger partial charge in [0.1, 0.15) is 0 Å². The van der Waals surface area contributed by atoms with Crippen LogP contribution in [0, 0.1) is 5.92 Å². The van der Waals surface area contributed by atoms with Crippen LogP contribution in [0.25, 0.3) is 0 Å². The minimum Gasteiger partial charge on any atom is -0.356 e. The van der Waals surface area contributed by atoms with Crippen LogP contribution in [0.4, 0.5) is 0 Å². The van der Waals surface area contributed by atoms with E-state index in [1.54, 1.807) is 19.0 Å². The number of hydrogen-bond acceptors (Lipinski definition) is 3. The van der Waals surface area contributed by atoms with E-state index in [0.717, 1.165) is 24.2 Å². The molecule has 1 fully saturated rings. The van der Waals surface area contributed by atoms with Gasteiger partial charge in [0.2, 0.25) is 5.91 Å². The van der Waals surface area contributed by atoms with Crippen molar-refractivity contribution in [2.75, 3.05) is 27.2 Å². The van der Waals surface area contributed by atoms with Gasteiger partial charge in [-0.25, -0.2) is 4.99 Å². The number of aryl methyl sites for hydroxylation is 2. The third-order valence-corrected chi connectivity index (χ3v) is 4.92. The maximum atomic E-state index is 11.9. The lowest BCUT2D eigenvalue weighted by atomic mass is 9.89. The molecule has 26 heavy (non-hydrogen) atoms. The standard InChI is InChI=1S/C19H34N6O/c1-5-17-16(14-25(4)23-17)12-21-19(22-13-18(26)24(2)3)20-11-15-9-7-6-8-10-15/h14-15H,5-13H2,1-4H3,(H2,20,21,22). The molecule has 0 unspecified atom stereocenters. The zero-order valence-electron chi connectivity index (χ0n) is 16.7. The SMILES string of the molecule is CCc1nn(C)cc1CN=C(NCC(=O)N(C)C)NCC1CCCCC1. The molecule has 0 saturated heterocycles. The van der Waals surface area contributed by atoms with E-state index in [-0.39, 0.29) is 12.5 Å². The van der Waals surface area contributed by atoms with Crippen molar-refractivity contribution in [2.45, 2.75) is 52.0 Å². The largest absolute Gasteiger partial charge is 0.356 e. The molecule has 1 aliphatic rings. The van der Waals surface area contributed by atoms with E-state index in [1.807, 2.05) is 17.9 Å². The number of rotatable bonds is 7. The van der Waals surface area contributed by atoms with Gasteiger partial charge in [0.15, 0.2) is 5.96 Å². The maximum Gasteiger partial charge on any atom is 0.241 e. The van der Waals surface area contributed by atoms with Crippen molar-refractivity contribution in [3.8, 4) is 0 Å². The Morgan fingerprint density at radius 2 is 2.04 bits per heavy atom. The highest BCUT2D eigenvalue weighted by Crippen LogP contribution is 2.22. The highest BCUT2D eigenvalue weighted by molar-refractivity contribution is 5.86. The number of nitrogens with one attached hydrogen (secondary N) is 2. The second-order valence-corrected chi connectivity index (χ2v) is 7.32. The predicted octanol–water partition coefficient (Wildman–Crippen LogP) is 1.69. The van der Waals surface area contributed by atoms with Gasteiger partial charge in [0, 0.05) is 39.4 Å². The first-order valence-corrected chi connectivity index (χ1v) is 9.73. The summed E-state index contributed by atoms with van der Waals surface area (Å²) in [7, 11) is 5.46. The van der Waals surface area contributed by atoms with Crippen LogP contribution < -0.4 is 10.6 Å². The van der Waals surface area contributed by atoms with Gasteiger partial charge in [-0.05, 0) is 25.2 Å². The van der Waals surface area contributed by atoms with Crippen molar-refractivity contribution in [2.24, 2.45) is 18.0 Å². The molecule has 1 amide bonds. The summed E-state index contributed by atoms with van der Waals surface area (Å²) in [6.07, 6.45) is 9.46. The van der Waals surface area contributed by atoms with Crippen LogP contribution in [0.15, 0.2) is 11.2 Å². The maximum absolute atomic E-state index is 11.9. The summed E-state index contributed by atoms with van der Waals surface area (Å²) in [5.41, 5.74) is 2.21. The van der Waals surface area contributed by atoms with Crippen LogP contribution in [0.5, 0.6) is 0 Å². The van der Waals surface area contributed by atoms with Crippen LogP contribution in [0.2, 0.25) is 0 Å². The molecule has 1 saturated carbocycles. The van der Waals surface area contributed by atoms with Gasteiger partial charge in [0.25, 0.3) is 0 Å². The molecule has 0 radical (unpaired) electrons. The average molecular weight is 363 g/mol. The Labute approximate surface area is 157 Å². The second-order valence-electron chi connectivity index (χ2n) is 7.32. The summed E-state index contributed by atoms with van der Waals surface area (Å²) >= 11 is 0. The molecule has 0 atom stereocenters. The minimum atomic E-state index is 0.0350. The molecular formula is C19H34N6O. The summed E-state index contributed by atoms with van der Waals surface area (Å²) in [6, 6.07) is 0. The molecule has 2 N–H and O–H groups in total. The van der Waals surface area contributed by atoms with E-state index in [1.165, 1.54) is 32.1 Å². The smallest absolute Gasteiger partial charge is 0.241 e. The summed E-state index contributed by atoms with van der Waals surface area (Å²) in [6.45, 7) is 3.83. The van der Waals surface area contributed by atoms with Gasteiger partial charge < -0.3 is 15.5 Å². The molecule has 0 bridgehead atoms. The van der Waals surface area contributed by atoms with Crippen LogP contribution in [0.1, 0.15) is 50.3 Å². The van der Waals surface area contributed by atoms with Crippen molar-refractivity contribution in [1.29, 1.82) is 0 Å². The van der Waals surface area contributed by atoms with Crippen molar-refractivity contribution >= 4 is 11.9 Å². The van der Waals surface area contributed by atoms with Crippen LogP contribution in [-0.4, -0.2) is 53.7 Å². The number of aliphatic imine (C=N–C) groups is 1. The molecule has 1 aromatic heterocycles. The number of hydrogen-bond donors (Lipinski definition) is 2. The van der Waals surface area contributed by atoms with E-state index >= 15 is 0 Å². The van der Waals surface area contributed by atoms with Crippen molar-refractivity contribution in [1.82, 2.24) is 25.3 Å². The number of nitrogens with zero attached hydrogens (tertiary/aromatic N) is 4. The second kappa shape index (κ2) is 10.2. The third-order valence-electron chi connectivity index (χ3n) is 4.92. The zero-order valence-corrected chi connectivity index (χ0v) is 16.7. The first-order valence-electron chi connectivity index (χ1n) is 9.73. The number of aromatic nitrogens is 2. The van der Waals surface area contributed by atoms with E-state index in [2.05, 4.69) is 22.7 Å². The van der Waals surface area contributed by atoms with E-state index in [9.17, 15) is 4.79 Å². The lowest BCUT2D eigenvalue weighted by Crippen LogP contribution is -2.44. The van der Waals surface area contributed by atoms with Crippen LogP contribution in [0.3, 0.4) is 0 Å². The Balaban J connectivity index is 1.98. The molecule has 7 heteroatoms. The topological polar surface area (TPSA) is 74.5 Å². The molecule has 1 aromatic rings. The Morgan fingerprint density at radius 3 is 2.69 bits per heavy atom. The first kappa shape index (κ1) is 20.3. The third kappa shape index (κ3) is 6.35. The highest BCUT2D eigenvalue weighted by Gasteiger charge is 2.14. The van der Waals surface area contributed by atoms with Crippen molar-refractivity contribution in [3.63, 3.8) is 0 Å². The van der Waals surface area contributed by atoms with Gasteiger partial charge in [-0.1, -0.05) is 26.2 Å². The average Bonchev–Trinajstić information content (AvgIpc) is 3.01. The van der Waals surface area contributed by atoms with E-state index in [0.29, 0.717) is 18.4 Å². The molecule has 1 heterocycles. The monoisotopic (exact) mass is 362 g/mol. The summed E-state index contributed by atoms with van der Waals surface area (Å²) in [4.78, 5) is 18.2. The van der Waals surface area contributed by atoms with Gasteiger partial charge >= 0.3 is 0 Å². The fraction of sp³-hybridized carbons (Fsp3) is 0.737. The number of carbonyl (C=O) groups excluding carboxylic acids is 1. The first-order chi connectivity index (χ1) is 12.5. The number of amides is 1.